The highest BCUT2D eigenvalue weighted by molar-refractivity contribution is 7.99. The van der Waals surface area contributed by atoms with E-state index in [1.807, 2.05) is 30.1 Å². The van der Waals surface area contributed by atoms with Crippen LogP contribution >= 0.6 is 11.8 Å². The van der Waals surface area contributed by atoms with Crippen molar-refractivity contribution in [2.75, 3.05) is 36.3 Å². The zero-order valence-electron chi connectivity index (χ0n) is 13.5. The topological polar surface area (TPSA) is 46.6 Å². The molecule has 1 fully saturated rings. The number of benzene rings is 1. The van der Waals surface area contributed by atoms with Crippen molar-refractivity contribution in [1.29, 1.82) is 0 Å². The molecule has 0 radical (unpaired) electrons. The summed E-state index contributed by atoms with van der Waals surface area (Å²) in [4.78, 5) is 6.90. The van der Waals surface area contributed by atoms with Gasteiger partial charge >= 0.3 is 0 Å². The molecule has 2 aromatic rings. The SMILES string of the molecule is c1cc(CNCc2ccnc(N3CCSCC3)c2)c2c(c1)OCO2. The van der Waals surface area contributed by atoms with Crippen LogP contribution in [0.2, 0.25) is 0 Å². The van der Waals surface area contributed by atoms with Crippen LogP contribution in [0.1, 0.15) is 11.1 Å². The van der Waals surface area contributed by atoms with Gasteiger partial charge in [-0.2, -0.15) is 11.8 Å². The first-order valence-corrected chi connectivity index (χ1v) is 9.41. The van der Waals surface area contributed by atoms with Crippen LogP contribution < -0.4 is 19.7 Å². The number of hydrogen-bond acceptors (Lipinski definition) is 6. The number of aromatic nitrogens is 1. The fourth-order valence-corrected chi connectivity index (χ4v) is 3.91. The second kappa shape index (κ2) is 7.32. The highest BCUT2D eigenvalue weighted by atomic mass is 32.2. The van der Waals surface area contributed by atoms with E-state index in [2.05, 4.69) is 33.4 Å². The third-order valence-electron chi connectivity index (χ3n) is 4.27. The minimum absolute atomic E-state index is 0.314. The number of nitrogens with zero attached hydrogens (tertiary/aromatic N) is 2. The molecule has 0 amide bonds. The summed E-state index contributed by atoms with van der Waals surface area (Å²) in [6, 6.07) is 10.3. The van der Waals surface area contributed by atoms with E-state index in [0.29, 0.717) is 6.79 Å². The molecule has 0 spiro atoms. The lowest BCUT2D eigenvalue weighted by Gasteiger charge is -2.27. The summed E-state index contributed by atoms with van der Waals surface area (Å²) in [6.45, 7) is 4.05. The molecule has 126 valence electrons. The average molecular weight is 343 g/mol. The van der Waals surface area contributed by atoms with Crippen molar-refractivity contribution in [2.24, 2.45) is 0 Å². The summed E-state index contributed by atoms with van der Waals surface area (Å²) in [7, 11) is 0. The molecular weight excluding hydrogens is 322 g/mol. The molecule has 1 saturated heterocycles. The second-order valence-corrected chi connectivity index (χ2v) is 7.10. The van der Waals surface area contributed by atoms with Crippen molar-refractivity contribution in [2.45, 2.75) is 13.1 Å². The maximum absolute atomic E-state index is 5.55. The smallest absolute Gasteiger partial charge is 0.231 e. The lowest BCUT2D eigenvalue weighted by atomic mass is 10.1. The first-order valence-electron chi connectivity index (χ1n) is 8.26. The van der Waals surface area contributed by atoms with E-state index in [0.717, 1.165) is 49.1 Å². The van der Waals surface area contributed by atoms with Crippen LogP contribution in [0.3, 0.4) is 0 Å². The zero-order valence-corrected chi connectivity index (χ0v) is 14.3. The van der Waals surface area contributed by atoms with E-state index < -0.39 is 0 Å². The number of pyridine rings is 1. The normalized spacial score (nSPS) is 16.4. The van der Waals surface area contributed by atoms with Crippen LogP contribution in [-0.4, -0.2) is 36.4 Å². The first-order chi connectivity index (χ1) is 11.9. The minimum atomic E-state index is 0.314. The number of rotatable bonds is 5. The number of fused-ring (bicyclic) bond motifs is 1. The number of thioether (sulfide) groups is 1. The van der Waals surface area contributed by atoms with Crippen LogP contribution in [0.5, 0.6) is 11.5 Å². The molecule has 5 nitrogen and oxygen atoms in total. The van der Waals surface area contributed by atoms with Gasteiger partial charge in [-0.05, 0) is 23.8 Å². The van der Waals surface area contributed by atoms with Crippen LogP contribution in [0.15, 0.2) is 36.5 Å². The molecule has 0 atom stereocenters. The summed E-state index contributed by atoms with van der Waals surface area (Å²) in [6.07, 6.45) is 1.91. The van der Waals surface area contributed by atoms with Gasteiger partial charge in [-0.15, -0.1) is 0 Å². The molecular formula is C18H21N3O2S. The largest absolute Gasteiger partial charge is 0.454 e. The Bertz CT molecular complexity index is 704. The monoisotopic (exact) mass is 343 g/mol. The van der Waals surface area contributed by atoms with E-state index >= 15 is 0 Å². The molecule has 1 aromatic carbocycles. The van der Waals surface area contributed by atoms with Crippen molar-refractivity contribution >= 4 is 17.6 Å². The number of nitrogens with one attached hydrogen (secondary N) is 1. The van der Waals surface area contributed by atoms with Crippen molar-refractivity contribution in [3.8, 4) is 11.5 Å². The summed E-state index contributed by atoms with van der Waals surface area (Å²) < 4.78 is 11.0. The maximum atomic E-state index is 5.55. The molecule has 0 aliphatic carbocycles. The molecule has 2 aliphatic heterocycles. The number of ether oxygens (including phenoxy) is 2. The minimum Gasteiger partial charge on any atom is -0.454 e. The van der Waals surface area contributed by atoms with Gasteiger partial charge in [-0.1, -0.05) is 12.1 Å². The quantitative estimate of drug-likeness (QED) is 0.901. The molecule has 0 bridgehead atoms. The van der Waals surface area contributed by atoms with Gasteiger partial charge in [0, 0.05) is 49.4 Å². The van der Waals surface area contributed by atoms with Crippen molar-refractivity contribution in [3.63, 3.8) is 0 Å². The zero-order chi connectivity index (χ0) is 16.2. The molecule has 1 N–H and O–H groups in total. The van der Waals surface area contributed by atoms with Gasteiger partial charge in [-0.25, -0.2) is 4.98 Å². The lowest BCUT2D eigenvalue weighted by Crippen LogP contribution is -2.33. The number of hydrogen-bond donors (Lipinski definition) is 1. The maximum Gasteiger partial charge on any atom is 0.231 e. The first kappa shape index (κ1) is 15.6. The standard InChI is InChI=1S/C18H21N3O2S/c1-2-15(18-16(3-1)22-13-23-18)12-19-11-14-4-5-20-17(10-14)21-6-8-24-9-7-21/h1-5,10,19H,6-9,11-13H2. The van der Waals surface area contributed by atoms with Crippen molar-refractivity contribution in [1.82, 2.24) is 10.3 Å². The Hall–Kier alpha value is -1.92. The summed E-state index contributed by atoms with van der Waals surface area (Å²) in [5.41, 5.74) is 2.38. The second-order valence-electron chi connectivity index (χ2n) is 5.88. The third kappa shape index (κ3) is 3.44. The van der Waals surface area contributed by atoms with Crippen LogP contribution in [0.4, 0.5) is 5.82 Å². The van der Waals surface area contributed by atoms with Crippen LogP contribution in [0.25, 0.3) is 0 Å². The van der Waals surface area contributed by atoms with Gasteiger partial charge < -0.3 is 19.7 Å². The average Bonchev–Trinajstić information content (AvgIpc) is 3.12. The van der Waals surface area contributed by atoms with Gasteiger partial charge in [0.1, 0.15) is 5.82 Å². The molecule has 0 unspecified atom stereocenters. The van der Waals surface area contributed by atoms with E-state index in [9.17, 15) is 0 Å². The Morgan fingerprint density at radius 1 is 1.12 bits per heavy atom. The molecule has 4 rings (SSSR count). The van der Waals surface area contributed by atoms with Crippen molar-refractivity contribution < 1.29 is 9.47 Å². The Kier molecular flexibility index (Phi) is 4.76. The predicted molar refractivity (Wildman–Crippen MR) is 96.9 cm³/mol. The molecule has 3 heterocycles. The molecule has 24 heavy (non-hydrogen) atoms. The van der Waals surface area contributed by atoms with Crippen LogP contribution in [0, 0.1) is 0 Å². The Morgan fingerprint density at radius 2 is 2.04 bits per heavy atom. The Morgan fingerprint density at radius 3 is 2.96 bits per heavy atom. The lowest BCUT2D eigenvalue weighted by molar-refractivity contribution is 0.173. The van der Waals surface area contributed by atoms with Gasteiger partial charge in [0.25, 0.3) is 0 Å². The molecule has 0 saturated carbocycles. The van der Waals surface area contributed by atoms with Gasteiger partial charge in [0.15, 0.2) is 11.5 Å². The predicted octanol–water partition coefficient (Wildman–Crippen LogP) is 2.65. The molecule has 6 heteroatoms. The van der Waals surface area contributed by atoms with Gasteiger partial charge in [0.05, 0.1) is 0 Å². The Balaban J connectivity index is 1.37. The number of anilines is 1. The summed E-state index contributed by atoms with van der Waals surface area (Å²) >= 11 is 2.01. The third-order valence-corrected chi connectivity index (χ3v) is 5.21. The van der Waals surface area contributed by atoms with E-state index in [4.69, 9.17) is 9.47 Å². The van der Waals surface area contributed by atoms with E-state index in [1.165, 1.54) is 17.1 Å². The molecule has 1 aromatic heterocycles. The van der Waals surface area contributed by atoms with E-state index in [-0.39, 0.29) is 0 Å². The highest BCUT2D eigenvalue weighted by Gasteiger charge is 2.17. The fourth-order valence-electron chi connectivity index (χ4n) is 3.01. The van der Waals surface area contributed by atoms with Gasteiger partial charge in [0.2, 0.25) is 6.79 Å². The fraction of sp³-hybridized carbons (Fsp3) is 0.389. The van der Waals surface area contributed by atoms with Crippen LogP contribution in [-0.2, 0) is 13.1 Å². The highest BCUT2D eigenvalue weighted by Crippen LogP contribution is 2.35. The summed E-state index contributed by atoms with van der Waals surface area (Å²) in [5, 5.41) is 3.49. The van der Waals surface area contributed by atoms with E-state index in [1.54, 1.807) is 0 Å². The number of para-hydroxylation sites is 1. The Labute approximate surface area is 146 Å². The van der Waals surface area contributed by atoms with Crippen molar-refractivity contribution in [3.05, 3.63) is 47.7 Å². The summed E-state index contributed by atoms with van der Waals surface area (Å²) in [5.74, 6) is 5.16. The molecule has 2 aliphatic rings. The van der Waals surface area contributed by atoms with Gasteiger partial charge in [-0.3, -0.25) is 0 Å².